The fourth-order valence-corrected chi connectivity index (χ4v) is 2.89. The van der Waals surface area contributed by atoms with Gasteiger partial charge in [0.2, 0.25) is 0 Å². The molecule has 0 N–H and O–H groups in total. The number of benzene rings is 1. The first-order valence-corrected chi connectivity index (χ1v) is 6.59. The molecule has 0 unspecified atom stereocenters. The van der Waals surface area contributed by atoms with Crippen LogP contribution in [-0.2, 0) is 9.84 Å². The lowest BCUT2D eigenvalue weighted by atomic mass is 10.1. The molecule has 0 saturated carbocycles. The van der Waals surface area contributed by atoms with Gasteiger partial charge in [0.05, 0.1) is 7.11 Å². The van der Waals surface area contributed by atoms with Crippen LogP contribution < -0.4 is 4.74 Å². The molecular formula is C10H13ClO3S. The van der Waals surface area contributed by atoms with Gasteiger partial charge >= 0.3 is 0 Å². The Morgan fingerprint density at radius 3 is 2.27 bits per heavy atom. The molecule has 0 aromatic heterocycles. The summed E-state index contributed by atoms with van der Waals surface area (Å²) in [6.45, 7) is 3.48. The van der Waals surface area contributed by atoms with E-state index in [-0.39, 0.29) is 4.90 Å². The second-order valence-electron chi connectivity index (χ2n) is 3.44. The fraction of sp³-hybridized carbons (Fsp3) is 0.400. The van der Waals surface area contributed by atoms with Crippen molar-refractivity contribution < 1.29 is 13.2 Å². The second kappa shape index (κ2) is 4.02. The number of halogens is 1. The van der Waals surface area contributed by atoms with E-state index >= 15 is 0 Å². The lowest BCUT2D eigenvalue weighted by Crippen LogP contribution is -2.04. The molecule has 5 heteroatoms. The van der Waals surface area contributed by atoms with Crippen LogP contribution in [0.15, 0.2) is 11.0 Å². The van der Waals surface area contributed by atoms with Crippen LogP contribution in [-0.4, -0.2) is 21.8 Å². The largest absolute Gasteiger partial charge is 0.495 e. The third-order valence-electron chi connectivity index (χ3n) is 2.18. The van der Waals surface area contributed by atoms with Crippen molar-refractivity contribution in [1.82, 2.24) is 0 Å². The highest BCUT2D eigenvalue weighted by Gasteiger charge is 2.20. The Morgan fingerprint density at radius 1 is 1.33 bits per heavy atom. The van der Waals surface area contributed by atoms with Crippen molar-refractivity contribution in [2.24, 2.45) is 0 Å². The molecule has 15 heavy (non-hydrogen) atoms. The maximum atomic E-state index is 11.6. The molecule has 0 saturated heterocycles. The fourth-order valence-electron chi connectivity index (χ4n) is 1.52. The highest BCUT2D eigenvalue weighted by Crippen LogP contribution is 2.34. The SMILES string of the molecule is COc1cc(C)c(Cl)c(C)c1S(C)(=O)=O. The topological polar surface area (TPSA) is 43.4 Å². The number of methoxy groups -OCH3 is 1. The van der Waals surface area contributed by atoms with Crippen molar-refractivity contribution in [3.63, 3.8) is 0 Å². The Hall–Kier alpha value is -0.740. The van der Waals surface area contributed by atoms with Gasteiger partial charge in [-0.05, 0) is 31.0 Å². The molecule has 3 nitrogen and oxygen atoms in total. The quantitative estimate of drug-likeness (QED) is 0.807. The monoisotopic (exact) mass is 248 g/mol. The standard InChI is InChI=1S/C10H13ClO3S/c1-6-5-8(14-3)10(15(4,12)13)7(2)9(6)11/h5H,1-4H3. The Bertz CT molecular complexity index is 492. The summed E-state index contributed by atoms with van der Waals surface area (Å²) in [5.74, 6) is 0.344. The van der Waals surface area contributed by atoms with Crippen molar-refractivity contribution in [3.05, 3.63) is 22.2 Å². The van der Waals surface area contributed by atoms with Crippen LogP contribution in [0.3, 0.4) is 0 Å². The average molecular weight is 249 g/mol. The summed E-state index contributed by atoms with van der Waals surface area (Å²) in [6, 6.07) is 1.63. The molecule has 0 spiro atoms. The average Bonchev–Trinajstić information content (AvgIpc) is 2.11. The zero-order valence-corrected chi connectivity index (χ0v) is 10.7. The van der Waals surface area contributed by atoms with Gasteiger partial charge in [-0.1, -0.05) is 11.6 Å². The second-order valence-corrected chi connectivity index (χ2v) is 5.77. The number of rotatable bonds is 2. The minimum atomic E-state index is -3.32. The molecule has 0 bridgehead atoms. The molecule has 1 aromatic rings. The zero-order valence-electron chi connectivity index (χ0n) is 9.09. The highest BCUT2D eigenvalue weighted by molar-refractivity contribution is 7.90. The smallest absolute Gasteiger partial charge is 0.179 e. The van der Waals surface area contributed by atoms with Crippen molar-refractivity contribution in [3.8, 4) is 5.75 Å². The van der Waals surface area contributed by atoms with E-state index in [1.54, 1.807) is 13.0 Å². The molecule has 0 aliphatic rings. The minimum absolute atomic E-state index is 0.167. The van der Waals surface area contributed by atoms with Crippen LogP contribution >= 0.6 is 11.6 Å². The minimum Gasteiger partial charge on any atom is -0.495 e. The maximum absolute atomic E-state index is 11.6. The molecular weight excluding hydrogens is 236 g/mol. The normalized spacial score (nSPS) is 11.5. The van der Waals surface area contributed by atoms with Gasteiger partial charge in [-0.15, -0.1) is 0 Å². The molecule has 0 atom stereocenters. The van der Waals surface area contributed by atoms with Crippen LogP contribution in [0.4, 0.5) is 0 Å². The van der Waals surface area contributed by atoms with Gasteiger partial charge in [-0.3, -0.25) is 0 Å². The highest BCUT2D eigenvalue weighted by atomic mass is 35.5. The molecule has 0 aliphatic carbocycles. The van der Waals surface area contributed by atoms with Crippen LogP contribution in [0.25, 0.3) is 0 Å². The Labute approximate surface area is 94.9 Å². The van der Waals surface area contributed by atoms with E-state index in [1.165, 1.54) is 7.11 Å². The summed E-state index contributed by atoms with van der Waals surface area (Å²) >= 11 is 6.00. The Balaban J connectivity index is 3.70. The Kier molecular flexibility index (Phi) is 3.31. The molecule has 0 heterocycles. The van der Waals surface area contributed by atoms with Crippen LogP contribution in [0.5, 0.6) is 5.75 Å². The van der Waals surface area contributed by atoms with E-state index in [9.17, 15) is 8.42 Å². The molecule has 1 rings (SSSR count). The number of sulfone groups is 1. The summed E-state index contributed by atoms with van der Waals surface area (Å²) in [5.41, 5.74) is 1.34. The Morgan fingerprint density at radius 2 is 1.87 bits per heavy atom. The predicted octanol–water partition coefficient (Wildman–Crippen LogP) is 2.37. The third-order valence-corrected chi connectivity index (χ3v) is 4.01. The molecule has 0 radical (unpaired) electrons. The van der Waals surface area contributed by atoms with E-state index in [0.29, 0.717) is 16.3 Å². The van der Waals surface area contributed by atoms with Gasteiger partial charge in [0.1, 0.15) is 10.6 Å². The summed E-state index contributed by atoms with van der Waals surface area (Å²) in [6.07, 6.45) is 1.14. The van der Waals surface area contributed by atoms with E-state index in [0.717, 1.165) is 11.8 Å². The molecule has 1 aromatic carbocycles. The lowest BCUT2D eigenvalue weighted by molar-refractivity contribution is 0.402. The van der Waals surface area contributed by atoms with Gasteiger partial charge in [-0.2, -0.15) is 0 Å². The number of ether oxygens (including phenoxy) is 1. The first kappa shape index (κ1) is 12.3. The maximum Gasteiger partial charge on any atom is 0.179 e. The summed E-state index contributed by atoms with van der Waals surface area (Å²) in [7, 11) is -1.88. The van der Waals surface area contributed by atoms with E-state index in [4.69, 9.17) is 16.3 Å². The third kappa shape index (κ3) is 2.26. The van der Waals surface area contributed by atoms with Crippen molar-refractivity contribution in [2.75, 3.05) is 13.4 Å². The molecule has 0 amide bonds. The first-order chi connectivity index (χ1) is 6.79. The van der Waals surface area contributed by atoms with Crippen LogP contribution in [0.2, 0.25) is 5.02 Å². The van der Waals surface area contributed by atoms with Crippen molar-refractivity contribution >= 4 is 21.4 Å². The van der Waals surface area contributed by atoms with Crippen LogP contribution in [0, 0.1) is 13.8 Å². The van der Waals surface area contributed by atoms with Gasteiger partial charge in [0.25, 0.3) is 0 Å². The number of hydrogen-bond donors (Lipinski definition) is 0. The van der Waals surface area contributed by atoms with Crippen molar-refractivity contribution in [2.45, 2.75) is 18.7 Å². The van der Waals surface area contributed by atoms with E-state index in [2.05, 4.69) is 0 Å². The van der Waals surface area contributed by atoms with Gasteiger partial charge in [-0.25, -0.2) is 8.42 Å². The van der Waals surface area contributed by atoms with Gasteiger partial charge in [0, 0.05) is 11.3 Å². The van der Waals surface area contributed by atoms with Gasteiger partial charge in [0.15, 0.2) is 9.84 Å². The summed E-state index contributed by atoms with van der Waals surface area (Å²) in [5, 5.41) is 0.469. The number of aryl methyl sites for hydroxylation is 1. The summed E-state index contributed by atoms with van der Waals surface area (Å²) < 4.78 is 28.2. The van der Waals surface area contributed by atoms with E-state index in [1.807, 2.05) is 6.92 Å². The molecule has 84 valence electrons. The van der Waals surface area contributed by atoms with E-state index < -0.39 is 9.84 Å². The predicted molar refractivity (Wildman–Crippen MR) is 60.6 cm³/mol. The lowest BCUT2D eigenvalue weighted by Gasteiger charge is -2.13. The van der Waals surface area contributed by atoms with Gasteiger partial charge < -0.3 is 4.74 Å². The number of hydrogen-bond acceptors (Lipinski definition) is 3. The van der Waals surface area contributed by atoms with Crippen LogP contribution in [0.1, 0.15) is 11.1 Å². The van der Waals surface area contributed by atoms with Crippen molar-refractivity contribution in [1.29, 1.82) is 0 Å². The molecule has 0 fully saturated rings. The zero-order chi connectivity index (χ0) is 11.8. The summed E-state index contributed by atoms with van der Waals surface area (Å²) in [4.78, 5) is 0.167. The first-order valence-electron chi connectivity index (χ1n) is 4.32. The molecule has 0 aliphatic heterocycles.